The zero-order valence-corrected chi connectivity index (χ0v) is 11.1. The van der Waals surface area contributed by atoms with Crippen LogP contribution in [0.25, 0.3) is 11.4 Å². The third-order valence-electron chi connectivity index (χ3n) is 3.38. The van der Waals surface area contributed by atoms with E-state index in [2.05, 4.69) is 15.3 Å². The summed E-state index contributed by atoms with van der Waals surface area (Å²) in [6.07, 6.45) is -4.54. The molecule has 1 aliphatic rings. The number of benzene rings is 1. The van der Waals surface area contributed by atoms with E-state index in [4.69, 9.17) is 0 Å². The Morgan fingerprint density at radius 1 is 1.14 bits per heavy atom. The summed E-state index contributed by atoms with van der Waals surface area (Å²) < 4.78 is 52.5. The Bertz CT molecular complexity index is 710. The molecule has 0 unspecified atom stereocenters. The van der Waals surface area contributed by atoms with E-state index in [1.165, 1.54) is 18.2 Å². The normalized spacial score (nSPS) is 14.3. The molecule has 21 heavy (non-hydrogen) atoms. The van der Waals surface area contributed by atoms with Gasteiger partial charge < -0.3 is 5.32 Å². The predicted molar refractivity (Wildman–Crippen MR) is 67.7 cm³/mol. The van der Waals surface area contributed by atoms with Crippen molar-refractivity contribution in [3.8, 4) is 11.4 Å². The standard InChI is InChI=1S/C14H11F4N3/c1-7-4-8(15)2-3-9(7)13-20-11-6-19-5-10(11)12(21-13)14(16,17)18/h2-4,19H,5-6H2,1H3. The highest BCUT2D eigenvalue weighted by atomic mass is 19.4. The van der Waals surface area contributed by atoms with Gasteiger partial charge in [0.25, 0.3) is 0 Å². The van der Waals surface area contributed by atoms with Crippen molar-refractivity contribution in [2.45, 2.75) is 26.2 Å². The first kappa shape index (κ1) is 13.9. The second kappa shape index (κ2) is 4.77. The third kappa shape index (κ3) is 2.49. The first-order chi connectivity index (χ1) is 9.86. The van der Waals surface area contributed by atoms with Crippen LogP contribution >= 0.6 is 0 Å². The van der Waals surface area contributed by atoms with E-state index < -0.39 is 17.7 Å². The molecule has 0 fully saturated rings. The summed E-state index contributed by atoms with van der Waals surface area (Å²) in [5.41, 5.74) is 0.406. The second-order valence-corrected chi connectivity index (χ2v) is 4.88. The molecular formula is C14H11F4N3. The molecule has 0 saturated carbocycles. The van der Waals surface area contributed by atoms with Gasteiger partial charge >= 0.3 is 6.18 Å². The average molecular weight is 297 g/mol. The molecule has 1 aliphatic heterocycles. The number of hydrogen-bond donors (Lipinski definition) is 1. The van der Waals surface area contributed by atoms with Crippen molar-refractivity contribution in [3.63, 3.8) is 0 Å². The van der Waals surface area contributed by atoms with Crippen LogP contribution in [-0.4, -0.2) is 9.97 Å². The Kier molecular flexibility index (Phi) is 3.16. The number of nitrogens with one attached hydrogen (secondary N) is 1. The maximum absolute atomic E-state index is 13.1. The minimum atomic E-state index is -4.54. The molecule has 2 aromatic rings. The zero-order chi connectivity index (χ0) is 15.2. The summed E-state index contributed by atoms with van der Waals surface area (Å²) in [6, 6.07) is 3.83. The Labute approximate surface area is 118 Å². The van der Waals surface area contributed by atoms with Crippen LogP contribution in [0.4, 0.5) is 17.6 Å². The first-order valence-corrected chi connectivity index (χ1v) is 6.30. The number of rotatable bonds is 1. The van der Waals surface area contributed by atoms with Gasteiger partial charge in [-0.1, -0.05) is 0 Å². The molecule has 0 aliphatic carbocycles. The van der Waals surface area contributed by atoms with Crippen molar-refractivity contribution >= 4 is 0 Å². The molecule has 110 valence electrons. The van der Waals surface area contributed by atoms with Crippen LogP contribution in [0, 0.1) is 12.7 Å². The molecular weight excluding hydrogens is 286 g/mol. The maximum Gasteiger partial charge on any atom is 0.433 e. The van der Waals surface area contributed by atoms with E-state index in [1.807, 2.05) is 0 Å². The molecule has 3 rings (SSSR count). The van der Waals surface area contributed by atoms with Crippen molar-refractivity contribution in [3.05, 3.63) is 46.5 Å². The number of aromatic nitrogens is 2. The van der Waals surface area contributed by atoms with Crippen LogP contribution in [0.15, 0.2) is 18.2 Å². The molecule has 7 heteroatoms. The topological polar surface area (TPSA) is 37.8 Å². The number of nitrogens with zero attached hydrogens (tertiary/aromatic N) is 2. The van der Waals surface area contributed by atoms with Crippen molar-refractivity contribution in [1.82, 2.24) is 15.3 Å². The number of halogens is 4. The van der Waals surface area contributed by atoms with Gasteiger partial charge in [0.1, 0.15) is 5.82 Å². The molecule has 2 heterocycles. The molecule has 1 aromatic heterocycles. The lowest BCUT2D eigenvalue weighted by atomic mass is 10.1. The summed E-state index contributed by atoms with van der Waals surface area (Å²) in [4.78, 5) is 7.87. The summed E-state index contributed by atoms with van der Waals surface area (Å²) in [7, 11) is 0. The highest BCUT2D eigenvalue weighted by Crippen LogP contribution is 2.35. The van der Waals surface area contributed by atoms with Crippen LogP contribution < -0.4 is 5.32 Å². The maximum atomic E-state index is 13.1. The fourth-order valence-corrected chi connectivity index (χ4v) is 2.40. The lowest BCUT2D eigenvalue weighted by Gasteiger charge is -2.13. The number of fused-ring (bicyclic) bond motifs is 1. The van der Waals surface area contributed by atoms with Crippen LogP contribution in [0.5, 0.6) is 0 Å². The van der Waals surface area contributed by atoms with Crippen molar-refractivity contribution in [1.29, 1.82) is 0 Å². The van der Waals surface area contributed by atoms with Crippen LogP contribution in [0.3, 0.4) is 0 Å². The SMILES string of the molecule is Cc1cc(F)ccc1-c1nc2c(c(C(F)(F)F)n1)CNC2. The van der Waals surface area contributed by atoms with Gasteiger partial charge in [0.2, 0.25) is 0 Å². The largest absolute Gasteiger partial charge is 0.433 e. The van der Waals surface area contributed by atoms with E-state index >= 15 is 0 Å². The van der Waals surface area contributed by atoms with Crippen molar-refractivity contribution in [2.24, 2.45) is 0 Å². The molecule has 1 aromatic carbocycles. The fourth-order valence-electron chi connectivity index (χ4n) is 2.40. The smallest absolute Gasteiger partial charge is 0.307 e. The van der Waals surface area contributed by atoms with Crippen LogP contribution in [-0.2, 0) is 19.3 Å². The zero-order valence-electron chi connectivity index (χ0n) is 11.1. The van der Waals surface area contributed by atoms with E-state index in [9.17, 15) is 17.6 Å². The summed E-state index contributed by atoms with van der Waals surface area (Å²) in [5.74, 6) is -0.475. The Morgan fingerprint density at radius 3 is 2.57 bits per heavy atom. The van der Waals surface area contributed by atoms with Gasteiger partial charge in [-0.3, -0.25) is 0 Å². The Hall–Kier alpha value is -2.02. The number of alkyl halides is 3. The Morgan fingerprint density at radius 2 is 1.90 bits per heavy atom. The molecule has 0 bridgehead atoms. The van der Waals surface area contributed by atoms with Crippen LogP contribution in [0.1, 0.15) is 22.5 Å². The molecule has 1 N–H and O–H groups in total. The quantitative estimate of drug-likeness (QED) is 0.821. The molecule has 0 radical (unpaired) electrons. The van der Waals surface area contributed by atoms with E-state index in [0.717, 1.165) is 0 Å². The van der Waals surface area contributed by atoms with Crippen molar-refractivity contribution < 1.29 is 17.6 Å². The minimum Gasteiger partial charge on any atom is -0.307 e. The van der Waals surface area contributed by atoms with Crippen molar-refractivity contribution in [2.75, 3.05) is 0 Å². The van der Waals surface area contributed by atoms with Gasteiger partial charge in [-0.2, -0.15) is 13.2 Å². The van der Waals surface area contributed by atoms with Gasteiger partial charge in [-0.25, -0.2) is 14.4 Å². The van der Waals surface area contributed by atoms with Gasteiger partial charge in [0.15, 0.2) is 11.5 Å². The third-order valence-corrected chi connectivity index (χ3v) is 3.38. The molecule has 3 nitrogen and oxygen atoms in total. The van der Waals surface area contributed by atoms with Gasteiger partial charge in [0, 0.05) is 24.2 Å². The van der Waals surface area contributed by atoms with Crippen LogP contribution in [0.2, 0.25) is 0 Å². The number of hydrogen-bond acceptors (Lipinski definition) is 3. The minimum absolute atomic E-state index is 0.0257. The molecule has 0 amide bonds. The van der Waals surface area contributed by atoms with Gasteiger partial charge in [0.05, 0.1) is 5.69 Å². The summed E-state index contributed by atoms with van der Waals surface area (Å²) in [5, 5.41) is 2.84. The van der Waals surface area contributed by atoms with Gasteiger partial charge in [-0.05, 0) is 30.7 Å². The monoisotopic (exact) mass is 297 g/mol. The van der Waals surface area contributed by atoms with Gasteiger partial charge in [-0.15, -0.1) is 0 Å². The molecule has 0 saturated heterocycles. The lowest BCUT2D eigenvalue weighted by Crippen LogP contribution is -2.14. The lowest BCUT2D eigenvalue weighted by molar-refractivity contribution is -0.141. The van der Waals surface area contributed by atoms with E-state index in [-0.39, 0.29) is 24.5 Å². The fraction of sp³-hybridized carbons (Fsp3) is 0.286. The average Bonchev–Trinajstić information content (AvgIpc) is 2.84. The molecule has 0 spiro atoms. The second-order valence-electron chi connectivity index (χ2n) is 4.88. The Balaban J connectivity index is 2.20. The predicted octanol–water partition coefficient (Wildman–Crippen LogP) is 3.21. The first-order valence-electron chi connectivity index (χ1n) is 6.30. The molecule has 0 atom stereocenters. The number of aryl methyl sites for hydroxylation is 1. The highest BCUT2D eigenvalue weighted by Gasteiger charge is 2.38. The highest BCUT2D eigenvalue weighted by molar-refractivity contribution is 5.61. The summed E-state index contributed by atoms with van der Waals surface area (Å²) >= 11 is 0. The summed E-state index contributed by atoms with van der Waals surface area (Å²) in [6.45, 7) is 1.99. The van der Waals surface area contributed by atoms with E-state index in [0.29, 0.717) is 16.8 Å². The van der Waals surface area contributed by atoms with E-state index in [1.54, 1.807) is 6.92 Å².